The van der Waals surface area contributed by atoms with Crippen molar-refractivity contribution in [3.05, 3.63) is 59.4 Å². The summed E-state index contributed by atoms with van der Waals surface area (Å²) in [5.41, 5.74) is 1.32. The van der Waals surface area contributed by atoms with Crippen molar-refractivity contribution in [1.82, 2.24) is 0 Å². The van der Waals surface area contributed by atoms with E-state index in [-0.39, 0.29) is 18.9 Å². The molecule has 0 saturated carbocycles. The monoisotopic (exact) mass is 378 g/mol. The highest BCUT2D eigenvalue weighted by Crippen LogP contribution is 2.24. The van der Waals surface area contributed by atoms with Crippen LogP contribution in [-0.4, -0.2) is 24.9 Å². The predicted molar refractivity (Wildman–Crippen MR) is 98.2 cm³/mol. The molecule has 0 heterocycles. The van der Waals surface area contributed by atoms with Gasteiger partial charge in [0.2, 0.25) is 11.8 Å². The fourth-order valence-electron chi connectivity index (χ4n) is 2.81. The van der Waals surface area contributed by atoms with E-state index in [1.54, 1.807) is 11.0 Å². The van der Waals surface area contributed by atoms with E-state index in [9.17, 15) is 22.8 Å². The average Bonchev–Trinajstić information content (AvgIpc) is 2.62. The maximum atomic E-state index is 14.0. The van der Waals surface area contributed by atoms with Gasteiger partial charge in [-0.1, -0.05) is 12.1 Å². The van der Waals surface area contributed by atoms with E-state index < -0.39 is 29.0 Å². The SMILES string of the molecule is CCN(C(=O)CCN(C(C)=O)c1ccc(F)c(F)c1F)c1cccc(C)c1. The van der Waals surface area contributed by atoms with Gasteiger partial charge in [0.15, 0.2) is 17.5 Å². The molecule has 0 saturated heterocycles. The molecule has 7 heteroatoms. The lowest BCUT2D eigenvalue weighted by Crippen LogP contribution is -2.37. The molecule has 0 aliphatic carbocycles. The molecule has 0 fully saturated rings. The summed E-state index contributed by atoms with van der Waals surface area (Å²) in [6.45, 7) is 5.16. The minimum Gasteiger partial charge on any atom is -0.313 e. The maximum absolute atomic E-state index is 14.0. The van der Waals surface area contributed by atoms with Crippen molar-refractivity contribution < 1.29 is 22.8 Å². The van der Waals surface area contributed by atoms with Crippen LogP contribution in [0.4, 0.5) is 24.5 Å². The number of halogens is 3. The van der Waals surface area contributed by atoms with Gasteiger partial charge in [-0.05, 0) is 43.7 Å². The number of anilines is 2. The van der Waals surface area contributed by atoms with E-state index in [0.29, 0.717) is 6.54 Å². The Kier molecular flexibility index (Phi) is 6.60. The third kappa shape index (κ3) is 4.67. The van der Waals surface area contributed by atoms with Crippen LogP contribution in [0.15, 0.2) is 36.4 Å². The van der Waals surface area contributed by atoms with Gasteiger partial charge in [0.1, 0.15) is 0 Å². The van der Waals surface area contributed by atoms with Gasteiger partial charge in [-0.2, -0.15) is 0 Å². The second kappa shape index (κ2) is 8.70. The van der Waals surface area contributed by atoms with Crippen molar-refractivity contribution in [2.75, 3.05) is 22.9 Å². The summed E-state index contributed by atoms with van der Waals surface area (Å²) < 4.78 is 40.7. The van der Waals surface area contributed by atoms with Crippen molar-refractivity contribution in [3.63, 3.8) is 0 Å². The summed E-state index contributed by atoms with van der Waals surface area (Å²) in [5.74, 6) is -5.29. The molecule has 0 bridgehead atoms. The predicted octanol–water partition coefficient (Wildman–Crippen LogP) is 4.21. The molecule has 2 aromatic carbocycles. The molecule has 27 heavy (non-hydrogen) atoms. The second-order valence-electron chi connectivity index (χ2n) is 6.09. The molecule has 0 aliphatic heterocycles. The lowest BCUT2D eigenvalue weighted by atomic mass is 10.2. The number of carbonyl (C=O) groups excluding carboxylic acids is 2. The third-order valence-corrected chi connectivity index (χ3v) is 4.17. The van der Waals surface area contributed by atoms with Crippen LogP contribution in [-0.2, 0) is 9.59 Å². The quantitative estimate of drug-likeness (QED) is 0.707. The van der Waals surface area contributed by atoms with Crippen LogP contribution in [0.2, 0.25) is 0 Å². The Morgan fingerprint density at radius 3 is 2.30 bits per heavy atom. The van der Waals surface area contributed by atoms with Crippen LogP contribution >= 0.6 is 0 Å². The third-order valence-electron chi connectivity index (χ3n) is 4.17. The van der Waals surface area contributed by atoms with E-state index in [0.717, 1.165) is 28.3 Å². The van der Waals surface area contributed by atoms with Gasteiger partial charge in [0.05, 0.1) is 5.69 Å². The molecule has 2 rings (SSSR count). The van der Waals surface area contributed by atoms with Crippen LogP contribution in [0.25, 0.3) is 0 Å². The number of aryl methyl sites for hydroxylation is 1. The summed E-state index contributed by atoms with van der Waals surface area (Å²) in [6.07, 6.45) is -0.0974. The van der Waals surface area contributed by atoms with Crippen molar-refractivity contribution in [1.29, 1.82) is 0 Å². The van der Waals surface area contributed by atoms with Crippen LogP contribution in [0.3, 0.4) is 0 Å². The number of carbonyl (C=O) groups is 2. The zero-order valence-electron chi connectivity index (χ0n) is 15.4. The first-order chi connectivity index (χ1) is 12.8. The minimum atomic E-state index is -1.65. The molecule has 0 N–H and O–H groups in total. The summed E-state index contributed by atoms with van der Waals surface area (Å²) in [7, 11) is 0. The first-order valence-corrected chi connectivity index (χ1v) is 8.54. The molecule has 0 aliphatic rings. The Balaban J connectivity index is 2.19. The fourth-order valence-corrected chi connectivity index (χ4v) is 2.81. The van der Waals surface area contributed by atoms with E-state index in [4.69, 9.17) is 0 Å². The van der Waals surface area contributed by atoms with Crippen molar-refractivity contribution >= 4 is 23.2 Å². The van der Waals surface area contributed by atoms with Gasteiger partial charge in [0, 0.05) is 32.1 Å². The zero-order chi connectivity index (χ0) is 20.1. The first-order valence-electron chi connectivity index (χ1n) is 8.54. The molecule has 2 aromatic rings. The molecule has 144 valence electrons. The lowest BCUT2D eigenvalue weighted by molar-refractivity contribution is -0.118. The standard InChI is InChI=1S/C20H21F3N2O2/c1-4-24(15-7-5-6-13(2)12-15)18(27)10-11-25(14(3)26)17-9-8-16(21)19(22)20(17)23/h5-9,12H,4,10-11H2,1-3H3. The molecular weight excluding hydrogens is 357 g/mol. The fraction of sp³-hybridized carbons (Fsp3) is 0.300. The van der Waals surface area contributed by atoms with E-state index >= 15 is 0 Å². The van der Waals surface area contributed by atoms with Gasteiger partial charge in [0.25, 0.3) is 0 Å². The Labute approximate surface area is 156 Å². The van der Waals surface area contributed by atoms with Crippen molar-refractivity contribution in [3.8, 4) is 0 Å². The van der Waals surface area contributed by atoms with E-state index in [1.165, 1.54) is 6.92 Å². The smallest absolute Gasteiger partial charge is 0.228 e. The van der Waals surface area contributed by atoms with E-state index in [2.05, 4.69) is 0 Å². The highest BCUT2D eigenvalue weighted by molar-refractivity contribution is 5.96. The number of nitrogens with zero attached hydrogens (tertiary/aromatic N) is 2. The van der Waals surface area contributed by atoms with E-state index in [1.807, 2.05) is 32.0 Å². The molecule has 0 atom stereocenters. The molecule has 0 spiro atoms. The Hall–Kier alpha value is -2.83. The van der Waals surface area contributed by atoms with Gasteiger partial charge in [-0.25, -0.2) is 13.2 Å². The van der Waals surface area contributed by atoms with Gasteiger partial charge < -0.3 is 9.80 Å². The summed E-state index contributed by atoms with van der Waals surface area (Å²) in [4.78, 5) is 27.0. The minimum absolute atomic E-state index is 0.0974. The molecule has 4 nitrogen and oxygen atoms in total. The molecule has 2 amide bonds. The number of rotatable bonds is 6. The Bertz CT molecular complexity index is 855. The van der Waals surface area contributed by atoms with Gasteiger partial charge in [-0.3, -0.25) is 9.59 Å². The summed E-state index contributed by atoms with van der Waals surface area (Å²) in [5, 5.41) is 0. The average molecular weight is 378 g/mol. The largest absolute Gasteiger partial charge is 0.313 e. The van der Waals surface area contributed by atoms with Gasteiger partial charge in [-0.15, -0.1) is 0 Å². The van der Waals surface area contributed by atoms with Crippen LogP contribution < -0.4 is 9.80 Å². The van der Waals surface area contributed by atoms with Crippen LogP contribution in [0.5, 0.6) is 0 Å². The van der Waals surface area contributed by atoms with Crippen LogP contribution in [0, 0.1) is 24.4 Å². The Morgan fingerprint density at radius 2 is 1.70 bits per heavy atom. The number of hydrogen-bond acceptors (Lipinski definition) is 2. The maximum Gasteiger partial charge on any atom is 0.228 e. The second-order valence-corrected chi connectivity index (χ2v) is 6.09. The normalized spacial score (nSPS) is 10.6. The summed E-state index contributed by atoms with van der Waals surface area (Å²) >= 11 is 0. The van der Waals surface area contributed by atoms with Crippen molar-refractivity contribution in [2.24, 2.45) is 0 Å². The molecule has 0 radical (unpaired) electrons. The highest BCUT2D eigenvalue weighted by Gasteiger charge is 2.23. The Morgan fingerprint density at radius 1 is 1.00 bits per heavy atom. The number of hydrogen-bond donors (Lipinski definition) is 0. The first kappa shape index (κ1) is 20.5. The molecular formula is C20H21F3N2O2. The molecule has 0 unspecified atom stereocenters. The molecule has 0 aromatic heterocycles. The van der Waals surface area contributed by atoms with Crippen molar-refractivity contribution in [2.45, 2.75) is 27.2 Å². The highest BCUT2D eigenvalue weighted by atomic mass is 19.2. The summed E-state index contributed by atoms with van der Waals surface area (Å²) in [6, 6.07) is 9.13. The van der Waals surface area contributed by atoms with Gasteiger partial charge >= 0.3 is 0 Å². The topological polar surface area (TPSA) is 40.6 Å². The number of benzene rings is 2. The van der Waals surface area contributed by atoms with Crippen LogP contribution in [0.1, 0.15) is 25.8 Å². The lowest BCUT2D eigenvalue weighted by Gasteiger charge is -2.25. The number of amides is 2. The zero-order valence-corrected chi connectivity index (χ0v) is 15.4.